The van der Waals surface area contributed by atoms with E-state index in [0.29, 0.717) is 29.7 Å². The van der Waals surface area contributed by atoms with Crippen LogP contribution in [0.15, 0.2) is 45.7 Å². The molecule has 0 aliphatic carbocycles. The molecule has 1 aliphatic heterocycles. The number of nitrogens with one attached hydrogen (secondary N) is 1. The third-order valence-electron chi connectivity index (χ3n) is 4.46. The molecule has 2 aromatic heterocycles. The van der Waals surface area contributed by atoms with Crippen molar-refractivity contribution in [3.63, 3.8) is 0 Å². The van der Waals surface area contributed by atoms with Gasteiger partial charge in [0.15, 0.2) is 0 Å². The average molecular weight is 453 g/mol. The van der Waals surface area contributed by atoms with Crippen LogP contribution in [0.2, 0.25) is 4.34 Å². The maximum atomic E-state index is 12.5. The molecule has 8 nitrogen and oxygen atoms in total. The molecule has 3 heterocycles. The molecule has 1 aliphatic rings. The van der Waals surface area contributed by atoms with Gasteiger partial charge in [-0.15, -0.1) is 16.4 Å². The zero-order chi connectivity index (χ0) is 20.4. The minimum atomic E-state index is -3.51. The second-order valence-corrected chi connectivity index (χ2v) is 10.2. The van der Waals surface area contributed by atoms with Crippen LogP contribution in [0.5, 0.6) is 0 Å². The van der Waals surface area contributed by atoms with Gasteiger partial charge in [-0.2, -0.15) is 4.31 Å². The van der Waals surface area contributed by atoms with E-state index in [0.717, 1.165) is 17.7 Å². The molecule has 29 heavy (non-hydrogen) atoms. The Labute approximate surface area is 176 Å². The second-order valence-electron chi connectivity index (χ2n) is 6.47. The molecule has 11 heteroatoms. The Morgan fingerprint density at radius 3 is 2.52 bits per heavy atom. The van der Waals surface area contributed by atoms with E-state index in [1.54, 1.807) is 6.07 Å². The number of carbonyl (C=O) groups excluding carboxylic acids is 1. The molecular weight excluding hydrogens is 436 g/mol. The molecule has 1 amide bonds. The zero-order valence-corrected chi connectivity index (χ0v) is 17.6. The summed E-state index contributed by atoms with van der Waals surface area (Å²) in [5, 5.41) is 10.2. The number of halogens is 1. The SMILES string of the molecule is O=C(Nc1nnc(Cc2ccc(Cl)s2)o1)c1ccc(S(=O)(=O)N2CCCC2)cc1. The molecule has 3 aromatic rings. The van der Waals surface area contributed by atoms with Gasteiger partial charge in [-0.25, -0.2) is 8.42 Å². The fourth-order valence-electron chi connectivity index (χ4n) is 3.00. The van der Waals surface area contributed by atoms with E-state index in [2.05, 4.69) is 15.5 Å². The topological polar surface area (TPSA) is 105 Å². The van der Waals surface area contributed by atoms with E-state index in [1.165, 1.54) is 39.9 Å². The number of hydrogen-bond acceptors (Lipinski definition) is 7. The summed E-state index contributed by atoms with van der Waals surface area (Å²) >= 11 is 7.31. The highest BCUT2D eigenvalue weighted by molar-refractivity contribution is 7.89. The Morgan fingerprint density at radius 1 is 1.14 bits per heavy atom. The number of rotatable bonds is 6. The maximum absolute atomic E-state index is 12.5. The van der Waals surface area contributed by atoms with Crippen molar-refractivity contribution >= 4 is 44.9 Å². The van der Waals surface area contributed by atoms with Gasteiger partial charge in [-0.3, -0.25) is 10.1 Å². The highest BCUT2D eigenvalue weighted by atomic mass is 35.5. The Morgan fingerprint density at radius 2 is 1.86 bits per heavy atom. The molecule has 0 radical (unpaired) electrons. The Hall–Kier alpha value is -2.27. The van der Waals surface area contributed by atoms with Gasteiger partial charge >= 0.3 is 6.01 Å². The number of amides is 1. The smallest absolute Gasteiger partial charge is 0.322 e. The van der Waals surface area contributed by atoms with Crippen LogP contribution >= 0.6 is 22.9 Å². The maximum Gasteiger partial charge on any atom is 0.322 e. The number of anilines is 1. The van der Waals surface area contributed by atoms with E-state index in [1.807, 2.05) is 6.07 Å². The summed E-state index contributed by atoms with van der Waals surface area (Å²) in [5.74, 6) is -0.115. The van der Waals surface area contributed by atoms with Crippen molar-refractivity contribution < 1.29 is 17.6 Å². The normalized spacial score (nSPS) is 14.9. The molecule has 0 unspecified atom stereocenters. The first-order valence-corrected chi connectivity index (χ1v) is 11.5. The number of benzene rings is 1. The van der Waals surface area contributed by atoms with E-state index < -0.39 is 15.9 Å². The fraction of sp³-hybridized carbons (Fsp3) is 0.278. The zero-order valence-electron chi connectivity index (χ0n) is 15.2. The summed E-state index contributed by atoms with van der Waals surface area (Å²) in [5.41, 5.74) is 0.287. The number of thiophene rings is 1. The van der Waals surface area contributed by atoms with Gasteiger partial charge in [0.05, 0.1) is 15.7 Å². The third-order valence-corrected chi connectivity index (χ3v) is 7.60. The van der Waals surface area contributed by atoms with Gasteiger partial charge in [0.25, 0.3) is 5.91 Å². The minimum Gasteiger partial charge on any atom is -0.407 e. The third kappa shape index (κ3) is 4.50. The molecule has 0 atom stereocenters. The number of hydrogen-bond donors (Lipinski definition) is 1. The summed E-state index contributed by atoms with van der Waals surface area (Å²) in [7, 11) is -3.51. The molecule has 1 aromatic carbocycles. The number of carbonyl (C=O) groups is 1. The van der Waals surface area contributed by atoms with Crippen LogP contribution in [-0.4, -0.2) is 41.9 Å². The van der Waals surface area contributed by atoms with Crippen LogP contribution < -0.4 is 5.32 Å². The lowest BCUT2D eigenvalue weighted by atomic mass is 10.2. The number of sulfonamides is 1. The monoisotopic (exact) mass is 452 g/mol. The first kappa shape index (κ1) is 20.0. The molecule has 0 saturated carbocycles. The minimum absolute atomic E-state index is 0.0265. The molecule has 4 rings (SSSR count). The number of nitrogens with zero attached hydrogens (tertiary/aromatic N) is 3. The molecule has 1 fully saturated rings. The van der Waals surface area contributed by atoms with Crippen LogP contribution in [0.25, 0.3) is 0 Å². The van der Waals surface area contributed by atoms with Gasteiger partial charge < -0.3 is 4.42 Å². The van der Waals surface area contributed by atoms with Crippen LogP contribution in [0, 0.1) is 0 Å². The molecule has 1 N–H and O–H groups in total. The predicted octanol–water partition coefficient (Wildman–Crippen LogP) is 3.41. The summed E-state index contributed by atoms with van der Waals surface area (Å²) in [6, 6.07) is 9.42. The molecule has 0 bridgehead atoms. The first-order valence-electron chi connectivity index (χ1n) is 8.90. The lowest BCUT2D eigenvalue weighted by Crippen LogP contribution is -2.27. The van der Waals surface area contributed by atoms with Crippen molar-refractivity contribution in [2.45, 2.75) is 24.2 Å². The van der Waals surface area contributed by atoms with Gasteiger partial charge in [-0.05, 0) is 49.2 Å². The van der Waals surface area contributed by atoms with Crippen molar-refractivity contribution in [1.82, 2.24) is 14.5 Å². The van der Waals surface area contributed by atoms with Crippen LogP contribution in [0.1, 0.15) is 34.0 Å². The van der Waals surface area contributed by atoms with Gasteiger partial charge in [-0.1, -0.05) is 16.7 Å². The summed E-state index contributed by atoms with van der Waals surface area (Å²) in [6.07, 6.45) is 2.15. The highest BCUT2D eigenvalue weighted by Crippen LogP contribution is 2.24. The summed E-state index contributed by atoms with van der Waals surface area (Å²) < 4.78 is 32.7. The van der Waals surface area contributed by atoms with Crippen molar-refractivity contribution in [3.05, 3.63) is 57.1 Å². The Bertz CT molecular complexity index is 1120. The summed E-state index contributed by atoms with van der Waals surface area (Å²) in [6.45, 7) is 1.06. The molecule has 0 spiro atoms. The predicted molar refractivity (Wildman–Crippen MR) is 109 cm³/mol. The van der Waals surface area contributed by atoms with Gasteiger partial charge in [0, 0.05) is 23.5 Å². The van der Waals surface area contributed by atoms with Gasteiger partial charge in [0.1, 0.15) is 0 Å². The van der Waals surface area contributed by atoms with Crippen LogP contribution in [-0.2, 0) is 16.4 Å². The standard InChI is InChI=1S/C18H17ClN4O4S2/c19-15-8-5-13(28-15)11-16-21-22-18(27-16)20-17(24)12-3-6-14(7-4-12)29(25,26)23-9-1-2-10-23/h3-8H,1-2,9-11H2,(H,20,22,24). The largest absolute Gasteiger partial charge is 0.407 e. The Balaban J connectivity index is 1.41. The molecule has 1 saturated heterocycles. The van der Waals surface area contributed by atoms with Crippen molar-refractivity contribution in [2.75, 3.05) is 18.4 Å². The van der Waals surface area contributed by atoms with Crippen molar-refractivity contribution in [3.8, 4) is 0 Å². The van der Waals surface area contributed by atoms with Crippen molar-refractivity contribution in [2.24, 2.45) is 0 Å². The Kier molecular flexibility index (Phi) is 5.68. The van der Waals surface area contributed by atoms with E-state index in [-0.39, 0.29) is 16.5 Å². The quantitative estimate of drug-likeness (QED) is 0.614. The highest BCUT2D eigenvalue weighted by Gasteiger charge is 2.27. The number of aromatic nitrogens is 2. The van der Waals surface area contributed by atoms with E-state index in [9.17, 15) is 13.2 Å². The van der Waals surface area contributed by atoms with Crippen LogP contribution in [0.4, 0.5) is 6.01 Å². The fourth-order valence-corrected chi connectivity index (χ4v) is 5.59. The van der Waals surface area contributed by atoms with E-state index in [4.69, 9.17) is 16.0 Å². The van der Waals surface area contributed by atoms with E-state index >= 15 is 0 Å². The molecular formula is C18H17ClN4O4S2. The average Bonchev–Trinajstić information content (AvgIpc) is 3.45. The second kappa shape index (κ2) is 8.23. The van der Waals surface area contributed by atoms with Gasteiger partial charge in [0.2, 0.25) is 15.9 Å². The summed E-state index contributed by atoms with van der Waals surface area (Å²) in [4.78, 5) is 13.5. The molecule has 152 valence electrons. The van der Waals surface area contributed by atoms with Crippen LogP contribution in [0.3, 0.4) is 0 Å². The first-order chi connectivity index (χ1) is 13.9. The lowest BCUT2D eigenvalue weighted by Gasteiger charge is -2.15. The van der Waals surface area contributed by atoms with Crippen molar-refractivity contribution in [1.29, 1.82) is 0 Å². The lowest BCUT2D eigenvalue weighted by molar-refractivity contribution is 0.102.